The van der Waals surface area contributed by atoms with Crippen LogP contribution in [-0.4, -0.2) is 46.8 Å². The number of urea groups is 1. The molecule has 0 bridgehead atoms. The summed E-state index contributed by atoms with van der Waals surface area (Å²) in [5.74, 6) is -0.592. The highest BCUT2D eigenvalue weighted by molar-refractivity contribution is 7.09. The molecular formula is C13H15N3O3S. The molecule has 2 fully saturated rings. The molecule has 1 aliphatic carbocycles. The number of carbonyl (C=O) groups is 3. The van der Waals surface area contributed by atoms with E-state index in [0.717, 1.165) is 22.6 Å². The number of amides is 4. The molecule has 0 radical (unpaired) electrons. The van der Waals surface area contributed by atoms with Crippen molar-refractivity contribution in [2.24, 2.45) is 0 Å². The number of thiophene rings is 1. The molecule has 0 unspecified atom stereocenters. The lowest BCUT2D eigenvalue weighted by molar-refractivity contribution is -0.130. The van der Waals surface area contributed by atoms with E-state index in [1.54, 1.807) is 16.2 Å². The zero-order chi connectivity index (χ0) is 14.1. The maximum absolute atomic E-state index is 12.0. The van der Waals surface area contributed by atoms with E-state index >= 15 is 0 Å². The van der Waals surface area contributed by atoms with E-state index in [0.29, 0.717) is 6.54 Å². The van der Waals surface area contributed by atoms with Crippen LogP contribution in [0.2, 0.25) is 0 Å². The molecule has 0 aromatic carbocycles. The lowest BCUT2D eigenvalue weighted by Crippen LogP contribution is -2.41. The molecule has 4 amide bonds. The standard InChI is InChI=1S/C13H15N3O3S/c17-11(14-6-10-2-1-5-20-10)7-16-12(18)8-15(13(16)19)9-3-4-9/h1-2,5,9H,3-4,6-8H2,(H,14,17). The second kappa shape index (κ2) is 5.24. The van der Waals surface area contributed by atoms with Crippen molar-refractivity contribution in [3.05, 3.63) is 22.4 Å². The number of nitrogens with one attached hydrogen (secondary N) is 1. The third kappa shape index (κ3) is 2.67. The first-order valence-corrected chi connectivity index (χ1v) is 7.43. The van der Waals surface area contributed by atoms with Gasteiger partial charge in [0, 0.05) is 10.9 Å². The summed E-state index contributed by atoms with van der Waals surface area (Å²) in [7, 11) is 0. The summed E-state index contributed by atoms with van der Waals surface area (Å²) < 4.78 is 0. The lowest BCUT2D eigenvalue weighted by Gasteiger charge is -2.16. The van der Waals surface area contributed by atoms with Crippen molar-refractivity contribution in [1.82, 2.24) is 15.1 Å². The molecule has 20 heavy (non-hydrogen) atoms. The fraction of sp³-hybridized carbons (Fsp3) is 0.462. The SMILES string of the molecule is O=C(CN1C(=O)CN(C2CC2)C1=O)NCc1cccs1. The molecule has 1 aliphatic heterocycles. The van der Waals surface area contributed by atoms with Crippen LogP contribution in [-0.2, 0) is 16.1 Å². The summed E-state index contributed by atoms with van der Waals surface area (Å²) in [6.07, 6.45) is 1.91. The molecule has 3 rings (SSSR count). The topological polar surface area (TPSA) is 69.7 Å². The van der Waals surface area contributed by atoms with Crippen molar-refractivity contribution in [1.29, 1.82) is 0 Å². The van der Waals surface area contributed by atoms with Crippen LogP contribution >= 0.6 is 11.3 Å². The van der Waals surface area contributed by atoms with Crippen LogP contribution in [0, 0.1) is 0 Å². The minimum Gasteiger partial charge on any atom is -0.350 e. The van der Waals surface area contributed by atoms with E-state index in [2.05, 4.69) is 5.32 Å². The van der Waals surface area contributed by atoms with Gasteiger partial charge in [0.2, 0.25) is 5.91 Å². The van der Waals surface area contributed by atoms with Gasteiger partial charge in [0.1, 0.15) is 13.1 Å². The summed E-state index contributed by atoms with van der Waals surface area (Å²) in [6.45, 7) is 0.354. The Bertz CT molecular complexity index is 539. The molecule has 1 aromatic heterocycles. The highest BCUT2D eigenvalue weighted by Crippen LogP contribution is 2.30. The molecule has 1 saturated heterocycles. The van der Waals surface area contributed by atoms with Crippen LogP contribution in [0.25, 0.3) is 0 Å². The number of carbonyl (C=O) groups excluding carboxylic acids is 3. The van der Waals surface area contributed by atoms with Crippen LogP contribution in [0.1, 0.15) is 17.7 Å². The average Bonchev–Trinajstić information content (AvgIpc) is 3.06. The third-order valence-electron chi connectivity index (χ3n) is 3.41. The first kappa shape index (κ1) is 13.1. The molecule has 0 atom stereocenters. The monoisotopic (exact) mass is 293 g/mol. The number of nitrogens with zero attached hydrogens (tertiary/aromatic N) is 2. The minimum atomic E-state index is -0.330. The Labute approximate surface area is 120 Å². The average molecular weight is 293 g/mol. The summed E-state index contributed by atoms with van der Waals surface area (Å²) in [4.78, 5) is 39.3. The zero-order valence-corrected chi connectivity index (χ0v) is 11.7. The number of imide groups is 1. The predicted octanol–water partition coefficient (Wildman–Crippen LogP) is 0.791. The highest BCUT2D eigenvalue weighted by Gasteiger charge is 2.44. The Morgan fingerprint density at radius 1 is 1.40 bits per heavy atom. The second-order valence-electron chi connectivity index (χ2n) is 4.98. The molecule has 2 heterocycles. The van der Waals surface area contributed by atoms with Gasteiger partial charge in [-0.3, -0.25) is 14.5 Å². The van der Waals surface area contributed by atoms with Gasteiger partial charge in [-0.05, 0) is 24.3 Å². The molecule has 7 heteroatoms. The maximum Gasteiger partial charge on any atom is 0.327 e. The van der Waals surface area contributed by atoms with Crippen molar-refractivity contribution in [3.63, 3.8) is 0 Å². The van der Waals surface area contributed by atoms with Gasteiger partial charge < -0.3 is 10.2 Å². The Balaban J connectivity index is 1.52. The van der Waals surface area contributed by atoms with Gasteiger partial charge in [-0.15, -0.1) is 11.3 Å². The van der Waals surface area contributed by atoms with Crippen LogP contribution < -0.4 is 5.32 Å². The Morgan fingerprint density at radius 3 is 2.85 bits per heavy atom. The van der Waals surface area contributed by atoms with Gasteiger partial charge in [-0.25, -0.2) is 4.79 Å². The quantitative estimate of drug-likeness (QED) is 0.816. The van der Waals surface area contributed by atoms with E-state index < -0.39 is 0 Å². The van der Waals surface area contributed by atoms with E-state index in [1.165, 1.54) is 0 Å². The largest absolute Gasteiger partial charge is 0.350 e. The molecule has 106 valence electrons. The normalized spacial score (nSPS) is 18.8. The Morgan fingerprint density at radius 2 is 2.20 bits per heavy atom. The van der Waals surface area contributed by atoms with E-state index in [1.807, 2.05) is 17.5 Å². The highest BCUT2D eigenvalue weighted by atomic mass is 32.1. The third-order valence-corrected chi connectivity index (χ3v) is 4.29. The molecule has 1 aromatic rings. The summed E-state index contributed by atoms with van der Waals surface area (Å²) in [6, 6.07) is 3.70. The van der Waals surface area contributed by atoms with Gasteiger partial charge >= 0.3 is 6.03 Å². The van der Waals surface area contributed by atoms with Gasteiger partial charge in [0.25, 0.3) is 5.91 Å². The smallest absolute Gasteiger partial charge is 0.327 e. The van der Waals surface area contributed by atoms with Crippen LogP contribution in [0.3, 0.4) is 0 Å². The van der Waals surface area contributed by atoms with Crippen molar-refractivity contribution in [2.75, 3.05) is 13.1 Å². The number of hydrogen-bond donors (Lipinski definition) is 1. The van der Waals surface area contributed by atoms with Crippen molar-refractivity contribution >= 4 is 29.2 Å². The van der Waals surface area contributed by atoms with Gasteiger partial charge in [0.05, 0.1) is 6.54 Å². The second-order valence-corrected chi connectivity index (χ2v) is 6.01. The maximum atomic E-state index is 12.0. The fourth-order valence-corrected chi connectivity index (χ4v) is 2.83. The molecular weight excluding hydrogens is 278 g/mol. The van der Waals surface area contributed by atoms with Crippen LogP contribution in [0.4, 0.5) is 4.79 Å². The summed E-state index contributed by atoms with van der Waals surface area (Å²) >= 11 is 1.55. The zero-order valence-electron chi connectivity index (χ0n) is 10.9. The van der Waals surface area contributed by atoms with Crippen LogP contribution in [0.5, 0.6) is 0 Å². The Kier molecular flexibility index (Phi) is 3.43. The van der Waals surface area contributed by atoms with Gasteiger partial charge in [-0.1, -0.05) is 6.07 Å². The molecule has 6 nitrogen and oxygen atoms in total. The molecule has 0 spiro atoms. The Hall–Kier alpha value is -1.89. The predicted molar refractivity (Wildman–Crippen MR) is 73.0 cm³/mol. The van der Waals surface area contributed by atoms with Crippen LogP contribution in [0.15, 0.2) is 17.5 Å². The first-order chi connectivity index (χ1) is 9.65. The van der Waals surface area contributed by atoms with Crippen molar-refractivity contribution < 1.29 is 14.4 Å². The number of rotatable bonds is 5. The number of hydrogen-bond acceptors (Lipinski definition) is 4. The molecule has 2 aliphatic rings. The summed E-state index contributed by atoms with van der Waals surface area (Å²) in [5, 5.41) is 4.65. The molecule has 1 saturated carbocycles. The fourth-order valence-electron chi connectivity index (χ4n) is 2.19. The van der Waals surface area contributed by atoms with E-state index in [-0.39, 0.29) is 37.0 Å². The minimum absolute atomic E-state index is 0.113. The van der Waals surface area contributed by atoms with E-state index in [9.17, 15) is 14.4 Å². The molecule has 1 N–H and O–H groups in total. The van der Waals surface area contributed by atoms with Crippen molar-refractivity contribution in [2.45, 2.75) is 25.4 Å². The van der Waals surface area contributed by atoms with Gasteiger partial charge in [0.15, 0.2) is 0 Å². The van der Waals surface area contributed by atoms with Gasteiger partial charge in [-0.2, -0.15) is 0 Å². The first-order valence-electron chi connectivity index (χ1n) is 6.55. The van der Waals surface area contributed by atoms with E-state index in [4.69, 9.17) is 0 Å². The lowest BCUT2D eigenvalue weighted by atomic mass is 10.4. The summed E-state index contributed by atoms with van der Waals surface area (Å²) in [5.41, 5.74) is 0. The van der Waals surface area contributed by atoms with Crippen molar-refractivity contribution in [3.8, 4) is 0 Å².